The zero-order valence-corrected chi connectivity index (χ0v) is 19.0. The summed E-state index contributed by atoms with van der Waals surface area (Å²) < 4.78 is 31.4. The van der Waals surface area contributed by atoms with Crippen LogP contribution in [0.1, 0.15) is 29.4 Å². The SMILES string of the molecule is COc1cnc(Cl)c(F)c1-c1cc(C)ncc1C(=O)Nc1nnc(O[C@@H]2CCO[C@@H]2C)s1. The summed E-state index contributed by atoms with van der Waals surface area (Å²) in [6.07, 6.45) is 3.23. The maximum absolute atomic E-state index is 14.9. The molecular formula is C20H19ClFN5O4S. The number of nitrogens with one attached hydrogen (secondary N) is 1. The molecule has 1 fully saturated rings. The number of aryl methyl sites for hydroxylation is 1. The van der Waals surface area contributed by atoms with Crippen LogP contribution in [-0.2, 0) is 4.74 Å². The van der Waals surface area contributed by atoms with Crippen LogP contribution in [0.5, 0.6) is 10.9 Å². The second-order valence-electron chi connectivity index (χ2n) is 7.03. The van der Waals surface area contributed by atoms with E-state index in [1.54, 1.807) is 13.0 Å². The summed E-state index contributed by atoms with van der Waals surface area (Å²) in [7, 11) is 1.38. The van der Waals surface area contributed by atoms with Crippen molar-refractivity contribution in [2.75, 3.05) is 19.0 Å². The van der Waals surface area contributed by atoms with Crippen molar-refractivity contribution < 1.29 is 23.4 Å². The molecule has 168 valence electrons. The first-order valence-electron chi connectivity index (χ1n) is 9.65. The fourth-order valence-electron chi connectivity index (χ4n) is 3.27. The van der Waals surface area contributed by atoms with Gasteiger partial charge < -0.3 is 14.2 Å². The first-order chi connectivity index (χ1) is 15.4. The molecule has 32 heavy (non-hydrogen) atoms. The Hall–Kier alpha value is -2.89. The van der Waals surface area contributed by atoms with Crippen molar-refractivity contribution in [2.24, 2.45) is 0 Å². The lowest BCUT2D eigenvalue weighted by atomic mass is 10.00. The quantitative estimate of drug-likeness (QED) is 0.530. The van der Waals surface area contributed by atoms with Crippen LogP contribution in [-0.4, -0.2) is 52.0 Å². The van der Waals surface area contributed by atoms with Crippen molar-refractivity contribution in [3.8, 4) is 22.1 Å². The zero-order chi connectivity index (χ0) is 22.8. The van der Waals surface area contributed by atoms with Gasteiger partial charge in [0.25, 0.3) is 11.1 Å². The maximum Gasteiger partial charge on any atom is 0.296 e. The molecule has 1 aliphatic heterocycles. The van der Waals surface area contributed by atoms with Crippen molar-refractivity contribution in [1.29, 1.82) is 0 Å². The van der Waals surface area contributed by atoms with Crippen LogP contribution in [0.3, 0.4) is 0 Å². The Morgan fingerprint density at radius 3 is 2.88 bits per heavy atom. The van der Waals surface area contributed by atoms with Gasteiger partial charge in [0, 0.05) is 23.9 Å². The lowest BCUT2D eigenvalue weighted by Crippen LogP contribution is -2.24. The van der Waals surface area contributed by atoms with Crippen LogP contribution >= 0.6 is 22.9 Å². The number of nitrogens with zero attached hydrogens (tertiary/aromatic N) is 4. The number of hydrogen-bond donors (Lipinski definition) is 1. The molecule has 1 amide bonds. The van der Waals surface area contributed by atoms with Crippen LogP contribution in [0, 0.1) is 12.7 Å². The van der Waals surface area contributed by atoms with E-state index < -0.39 is 11.7 Å². The lowest BCUT2D eigenvalue weighted by Gasteiger charge is -2.14. The van der Waals surface area contributed by atoms with Crippen LogP contribution in [0.2, 0.25) is 5.15 Å². The monoisotopic (exact) mass is 479 g/mol. The Balaban J connectivity index is 1.62. The smallest absolute Gasteiger partial charge is 0.296 e. The predicted molar refractivity (Wildman–Crippen MR) is 116 cm³/mol. The van der Waals surface area contributed by atoms with Crippen LogP contribution in [0.4, 0.5) is 9.52 Å². The highest BCUT2D eigenvalue weighted by Crippen LogP contribution is 2.37. The van der Waals surface area contributed by atoms with E-state index in [1.165, 1.54) is 19.5 Å². The highest BCUT2D eigenvalue weighted by Gasteiger charge is 2.28. The molecule has 0 bridgehead atoms. The molecule has 3 aromatic heterocycles. The third-order valence-corrected chi connectivity index (χ3v) is 5.90. The van der Waals surface area contributed by atoms with E-state index in [4.69, 9.17) is 25.8 Å². The second kappa shape index (κ2) is 9.31. The maximum atomic E-state index is 14.9. The molecule has 0 unspecified atom stereocenters. The number of anilines is 1. The first-order valence-corrected chi connectivity index (χ1v) is 10.8. The number of carbonyl (C=O) groups excluding carboxylic acids is 1. The molecule has 4 heterocycles. The molecule has 0 radical (unpaired) electrons. The Bertz CT molecular complexity index is 1160. The van der Waals surface area contributed by atoms with E-state index in [9.17, 15) is 9.18 Å². The molecule has 0 spiro atoms. The van der Waals surface area contributed by atoms with Gasteiger partial charge in [-0.15, -0.1) is 5.10 Å². The third kappa shape index (κ3) is 4.50. The van der Waals surface area contributed by atoms with Gasteiger partial charge in [-0.25, -0.2) is 9.37 Å². The van der Waals surface area contributed by atoms with Gasteiger partial charge >= 0.3 is 0 Å². The molecular weight excluding hydrogens is 461 g/mol. The molecule has 1 aliphatic rings. The van der Waals surface area contributed by atoms with Gasteiger partial charge in [-0.3, -0.25) is 15.1 Å². The van der Waals surface area contributed by atoms with Gasteiger partial charge in [0.05, 0.1) is 37.1 Å². The number of pyridine rings is 2. The average molecular weight is 480 g/mol. The summed E-state index contributed by atoms with van der Waals surface area (Å²) in [5.41, 5.74) is 0.946. The number of hydrogen-bond acceptors (Lipinski definition) is 9. The molecule has 3 aromatic rings. The first kappa shape index (κ1) is 22.3. The molecule has 0 saturated carbocycles. The summed E-state index contributed by atoms with van der Waals surface area (Å²) in [5, 5.41) is 10.8. The normalized spacial score (nSPS) is 17.9. The molecule has 9 nitrogen and oxygen atoms in total. The van der Waals surface area contributed by atoms with Crippen molar-refractivity contribution in [2.45, 2.75) is 32.5 Å². The van der Waals surface area contributed by atoms with E-state index in [2.05, 4.69) is 25.5 Å². The van der Waals surface area contributed by atoms with Crippen molar-refractivity contribution >= 4 is 34.0 Å². The van der Waals surface area contributed by atoms with Crippen molar-refractivity contribution in [1.82, 2.24) is 20.2 Å². The van der Waals surface area contributed by atoms with E-state index >= 15 is 0 Å². The summed E-state index contributed by atoms with van der Waals surface area (Å²) in [4.78, 5) is 21.0. The van der Waals surface area contributed by atoms with E-state index in [0.29, 0.717) is 17.5 Å². The minimum Gasteiger partial charge on any atom is -0.494 e. The van der Waals surface area contributed by atoms with Crippen molar-refractivity contribution in [3.05, 3.63) is 40.7 Å². The largest absolute Gasteiger partial charge is 0.494 e. The Morgan fingerprint density at radius 1 is 1.34 bits per heavy atom. The van der Waals surface area contributed by atoms with E-state index in [0.717, 1.165) is 17.8 Å². The molecule has 0 aromatic carbocycles. The van der Waals surface area contributed by atoms with Gasteiger partial charge in [-0.1, -0.05) is 16.7 Å². The van der Waals surface area contributed by atoms with Gasteiger partial charge in [0.15, 0.2) is 11.0 Å². The fourth-order valence-corrected chi connectivity index (χ4v) is 4.06. The summed E-state index contributed by atoms with van der Waals surface area (Å²) in [6, 6.07) is 1.57. The number of rotatable bonds is 6. The molecule has 0 aliphatic carbocycles. The molecule has 2 atom stereocenters. The third-order valence-electron chi connectivity index (χ3n) is 4.90. The Labute approximate surface area is 191 Å². The second-order valence-corrected chi connectivity index (χ2v) is 8.32. The number of methoxy groups -OCH3 is 1. The van der Waals surface area contributed by atoms with Crippen molar-refractivity contribution in [3.63, 3.8) is 0 Å². The number of halogens is 2. The lowest BCUT2D eigenvalue weighted by molar-refractivity contribution is 0.0669. The summed E-state index contributed by atoms with van der Waals surface area (Å²) in [5.74, 6) is -1.22. The zero-order valence-electron chi connectivity index (χ0n) is 17.4. The fraction of sp³-hybridized carbons (Fsp3) is 0.350. The van der Waals surface area contributed by atoms with Crippen LogP contribution < -0.4 is 14.8 Å². The molecule has 1 N–H and O–H groups in total. The molecule has 4 rings (SSSR count). The van der Waals surface area contributed by atoms with Gasteiger partial charge in [0.2, 0.25) is 5.13 Å². The minimum atomic E-state index is -0.801. The minimum absolute atomic E-state index is 0.0136. The van der Waals surface area contributed by atoms with Gasteiger partial charge in [-0.05, 0) is 31.3 Å². The number of amides is 1. The predicted octanol–water partition coefficient (Wildman–Crippen LogP) is 3.91. The van der Waals surface area contributed by atoms with E-state index in [1.807, 2.05) is 6.92 Å². The van der Waals surface area contributed by atoms with E-state index in [-0.39, 0.29) is 44.9 Å². The summed E-state index contributed by atoms with van der Waals surface area (Å²) >= 11 is 6.96. The highest BCUT2D eigenvalue weighted by molar-refractivity contribution is 7.17. The topological polar surface area (TPSA) is 108 Å². The number of aromatic nitrogens is 4. The van der Waals surface area contributed by atoms with Crippen LogP contribution in [0.15, 0.2) is 18.5 Å². The number of ether oxygens (including phenoxy) is 3. The number of carbonyl (C=O) groups is 1. The summed E-state index contributed by atoms with van der Waals surface area (Å²) in [6.45, 7) is 4.27. The van der Waals surface area contributed by atoms with Crippen LogP contribution in [0.25, 0.3) is 11.1 Å². The Morgan fingerprint density at radius 2 is 2.16 bits per heavy atom. The molecule has 1 saturated heterocycles. The highest BCUT2D eigenvalue weighted by atomic mass is 35.5. The standard InChI is InChI=1S/C20H19ClFN5O4S/c1-9-6-11(15-14(29-3)8-24-17(21)16(15)22)12(7-23-9)18(28)25-19-26-27-20(32-19)31-13-4-5-30-10(13)2/h6-8,10,13H,4-5H2,1-3H3,(H,25,26,28)/t10-,13-/m1/s1. The van der Waals surface area contributed by atoms with Gasteiger partial charge in [-0.2, -0.15) is 0 Å². The molecule has 12 heteroatoms. The van der Waals surface area contributed by atoms with Gasteiger partial charge in [0.1, 0.15) is 11.9 Å². The average Bonchev–Trinajstić information content (AvgIpc) is 3.38. The Kier molecular flexibility index (Phi) is 6.49.